The van der Waals surface area contributed by atoms with Crippen LogP contribution >= 0.6 is 0 Å². The van der Waals surface area contributed by atoms with Crippen LogP contribution in [0, 0.1) is 0 Å². The first-order chi connectivity index (χ1) is 15.4. The van der Waals surface area contributed by atoms with Gasteiger partial charge in [-0.1, -0.05) is 11.6 Å². The minimum atomic E-state index is -0.189. The molecule has 1 aliphatic heterocycles. The lowest BCUT2D eigenvalue weighted by molar-refractivity contribution is 0.0938. The summed E-state index contributed by atoms with van der Waals surface area (Å²) in [7, 11) is 4.95. The van der Waals surface area contributed by atoms with Crippen molar-refractivity contribution in [3.8, 4) is 17.2 Å². The zero-order chi connectivity index (χ0) is 23.1. The fourth-order valence-electron chi connectivity index (χ4n) is 4.16. The number of ether oxygens (including phenoxy) is 3. The maximum atomic E-state index is 12.1. The van der Waals surface area contributed by atoms with Crippen molar-refractivity contribution in [3.63, 3.8) is 0 Å². The van der Waals surface area contributed by atoms with Gasteiger partial charge in [-0.05, 0) is 45.7 Å². The second kappa shape index (κ2) is 11.2. The van der Waals surface area contributed by atoms with Crippen molar-refractivity contribution in [3.05, 3.63) is 29.6 Å². The Hall–Kier alpha value is -2.81. The third kappa shape index (κ3) is 5.91. The van der Waals surface area contributed by atoms with Crippen LogP contribution in [-0.4, -0.2) is 65.8 Å². The molecule has 0 aliphatic carbocycles. The number of nitrogens with zero attached hydrogens (tertiary/aromatic N) is 4. The molecule has 176 valence electrons. The van der Waals surface area contributed by atoms with Crippen molar-refractivity contribution in [2.24, 2.45) is 0 Å². The standard InChI is InChI=1S/C23H35N5O4/c1-16(2)24-23(29)19-15-28(26-25-19)11-9-18-8-6-7-10-27(18)14-17-12-21(31-4)22(32-5)13-20(17)30-3/h12-13,15-16,18H,6-11,14H2,1-5H3,(H,24,29). The summed E-state index contributed by atoms with van der Waals surface area (Å²) in [5.41, 5.74) is 1.43. The summed E-state index contributed by atoms with van der Waals surface area (Å²) >= 11 is 0. The first-order valence-corrected chi connectivity index (χ1v) is 11.2. The number of nitrogens with one attached hydrogen (secondary N) is 1. The SMILES string of the molecule is COc1cc(OC)c(OC)cc1CN1CCCCC1CCn1cc(C(=O)NC(C)C)nn1. The number of carbonyl (C=O) groups excluding carboxylic acids is 1. The van der Waals surface area contributed by atoms with Crippen LogP contribution in [0.1, 0.15) is 55.6 Å². The molecule has 1 aliphatic rings. The number of carbonyl (C=O) groups is 1. The molecule has 1 saturated heterocycles. The largest absolute Gasteiger partial charge is 0.496 e. The van der Waals surface area contributed by atoms with Crippen molar-refractivity contribution in [2.45, 2.75) is 64.7 Å². The average molecular weight is 446 g/mol. The van der Waals surface area contributed by atoms with Crippen molar-refractivity contribution < 1.29 is 19.0 Å². The van der Waals surface area contributed by atoms with Crippen LogP contribution in [0.25, 0.3) is 0 Å². The molecule has 0 saturated carbocycles. The molecule has 0 radical (unpaired) electrons. The van der Waals surface area contributed by atoms with Gasteiger partial charge < -0.3 is 19.5 Å². The van der Waals surface area contributed by atoms with Gasteiger partial charge in [0.15, 0.2) is 17.2 Å². The van der Waals surface area contributed by atoms with Gasteiger partial charge in [-0.15, -0.1) is 5.10 Å². The van der Waals surface area contributed by atoms with Gasteiger partial charge in [-0.3, -0.25) is 14.4 Å². The maximum absolute atomic E-state index is 12.1. The Labute approximate surface area is 190 Å². The van der Waals surface area contributed by atoms with Crippen LogP contribution < -0.4 is 19.5 Å². The fourth-order valence-corrected chi connectivity index (χ4v) is 4.16. The number of benzene rings is 1. The second-order valence-corrected chi connectivity index (χ2v) is 8.42. The van der Waals surface area contributed by atoms with Crippen molar-refractivity contribution in [1.82, 2.24) is 25.2 Å². The van der Waals surface area contributed by atoms with E-state index in [1.165, 1.54) is 12.8 Å². The highest BCUT2D eigenvalue weighted by Crippen LogP contribution is 2.36. The Bertz CT molecular complexity index is 899. The Balaban J connectivity index is 1.67. The predicted molar refractivity (Wildman–Crippen MR) is 121 cm³/mol. The average Bonchev–Trinajstić information content (AvgIpc) is 3.27. The minimum Gasteiger partial charge on any atom is -0.496 e. The molecule has 0 spiro atoms. The quantitative estimate of drug-likeness (QED) is 0.601. The fraction of sp³-hybridized carbons (Fsp3) is 0.609. The summed E-state index contributed by atoms with van der Waals surface area (Å²) in [5.74, 6) is 1.97. The number of hydrogen-bond donors (Lipinski definition) is 1. The smallest absolute Gasteiger partial charge is 0.273 e. The van der Waals surface area contributed by atoms with Crippen LogP contribution in [0.5, 0.6) is 17.2 Å². The lowest BCUT2D eigenvalue weighted by Crippen LogP contribution is -2.39. The Kier molecular flexibility index (Phi) is 8.33. The van der Waals surface area contributed by atoms with Crippen molar-refractivity contribution in [2.75, 3.05) is 27.9 Å². The summed E-state index contributed by atoms with van der Waals surface area (Å²) in [6.07, 6.45) is 6.18. The van der Waals surface area contributed by atoms with Gasteiger partial charge in [0, 0.05) is 36.8 Å². The molecule has 1 atom stereocenters. The van der Waals surface area contributed by atoms with E-state index in [2.05, 4.69) is 20.5 Å². The molecular weight excluding hydrogens is 410 g/mol. The third-order valence-corrected chi connectivity index (χ3v) is 5.79. The van der Waals surface area contributed by atoms with Gasteiger partial charge in [0.05, 0.1) is 27.5 Å². The monoisotopic (exact) mass is 445 g/mol. The number of piperidine rings is 1. The number of hydrogen-bond acceptors (Lipinski definition) is 7. The molecule has 1 aromatic carbocycles. The van der Waals surface area contributed by atoms with Gasteiger partial charge in [-0.2, -0.15) is 0 Å². The van der Waals surface area contributed by atoms with Crippen LogP contribution in [0.2, 0.25) is 0 Å². The Morgan fingerprint density at radius 2 is 1.84 bits per heavy atom. The van der Waals surface area contributed by atoms with Crippen LogP contribution in [0.3, 0.4) is 0 Å². The van der Waals surface area contributed by atoms with E-state index in [4.69, 9.17) is 14.2 Å². The van der Waals surface area contributed by atoms with Crippen molar-refractivity contribution in [1.29, 1.82) is 0 Å². The van der Waals surface area contributed by atoms with E-state index in [0.717, 1.165) is 37.2 Å². The minimum absolute atomic E-state index is 0.0667. The molecule has 1 fully saturated rings. The van der Waals surface area contributed by atoms with Gasteiger partial charge in [0.25, 0.3) is 5.91 Å². The van der Waals surface area contributed by atoms with Crippen LogP contribution in [0.15, 0.2) is 18.3 Å². The molecule has 1 unspecified atom stereocenters. The second-order valence-electron chi connectivity index (χ2n) is 8.42. The number of aromatic nitrogens is 3. The summed E-state index contributed by atoms with van der Waals surface area (Å²) in [6.45, 7) is 6.36. The lowest BCUT2D eigenvalue weighted by Gasteiger charge is -2.36. The summed E-state index contributed by atoms with van der Waals surface area (Å²) in [4.78, 5) is 14.6. The maximum Gasteiger partial charge on any atom is 0.273 e. The highest BCUT2D eigenvalue weighted by atomic mass is 16.5. The third-order valence-electron chi connectivity index (χ3n) is 5.79. The van der Waals surface area contributed by atoms with Crippen LogP contribution in [0.4, 0.5) is 0 Å². The lowest BCUT2D eigenvalue weighted by atomic mass is 9.98. The zero-order valence-electron chi connectivity index (χ0n) is 19.8. The molecular formula is C23H35N5O4. The summed E-state index contributed by atoms with van der Waals surface area (Å²) in [5, 5.41) is 11.0. The number of methoxy groups -OCH3 is 3. The van der Waals surface area contributed by atoms with Gasteiger partial charge in [0.2, 0.25) is 0 Å². The summed E-state index contributed by atoms with van der Waals surface area (Å²) in [6, 6.07) is 4.36. The van der Waals surface area contributed by atoms with E-state index in [1.54, 1.807) is 32.2 Å². The van der Waals surface area contributed by atoms with E-state index in [0.29, 0.717) is 29.8 Å². The number of aryl methyl sites for hydroxylation is 1. The van der Waals surface area contributed by atoms with Gasteiger partial charge in [0.1, 0.15) is 5.75 Å². The number of likely N-dealkylation sites (tertiary alicyclic amines) is 1. The first-order valence-electron chi connectivity index (χ1n) is 11.2. The molecule has 1 amide bonds. The molecule has 2 heterocycles. The molecule has 9 nitrogen and oxygen atoms in total. The molecule has 32 heavy (non-hydrogen) atoms. The molecule has 3 rings (SSSR count). The molecule has 0 bridgehead atoms. The Morgan fingerprint density at radius 3 is 2.53 bits per heavy atom. The zero-order valence-corrected chi connectivity index (χ0v) is 19.8. The number of amides is 1. The van der Waals surface area contributed by atoms with E-state index >= 15 is 0 Å². The van der Waals surface area contributed by atoms with E-state index in [-0.39, 0.29) is 11.9 Å². The van der Waals surface area contributed by atoms with E-state index < -0.39 is 0 Å². The van der Waals surface area contributed by atoms with Crippen LogP contribution in [-0.2, 0) is 13.1 Å². The first kappa shape index (κ1) is 23.8. The predicted octanol–water partition coefficient (Wildman–Crippen LogP) is 2.89. The van der Waals surface area contributed by atoms with E-state index in [9.17, 15) is 4.79 Å². The van der Waals surface area contributed by atoms with E-state index in [1.807, 2.05) is 26.0 Å². The topological polar surface area (TPSA) is 90.7 Å². The molecule has 2 aromatic rings. The molecule has 1 aromatic heterocycles. The summed E-state index contributed by atoms with van der Waals surface area (Å²) < 4.78 is 18.3. The molecule has 9 heteroatoms. The normalized spacial score (nSPS) is 16.8. The highest BCUT2D eigenvalue weighted by Gasteiger charge is 2.24. The van der Waals surface area contributed by atoms with Gasteiger partial charge in [-0.25, -0.2) is 0 Å². The number of rotatable bonds is 10. The van der Waals surface area contributed by atoms with Crippen molar-refractivity contribution >= 4 is 5.91 Å². The highest BCUT2D eigenvalue weighted by molar-refractivity contribution is 5.91. The van der Waals surface area contributed by atoms with Gasteiger partial charge >= 0.3 is 0 Å². The molecule has 1 N–H and O–H groups in total. The Morgan fingerprint density at radius 1 is 1.12 bits per heavy atom.